The molecular weight excluding hydrogens is 233 g/mol. The zero-order valence-electron chi connectivity index (χ0n) is 10.8. The van der Waals surface area contributed by atoms with Gasteiger partial charge in [0, 0.05) is 6.54 Å². The summed E-state index contributed by atoms with van der Waals surface area (Å²) in [5, 5.41) is 12.5. The van der Waals surface area contributed by atoms with Crippen molar-refractivity contribution in [3.8, 4) is 0 Å². The zero-order chi connectivity index (χ0) is 13.8. The lowest BCUT2D eigenvalue weighted by atomic mass is 10.0. The third-order valence-electron chi connectivity index (χ3n) is 2.76. The summed E-state index contributed by atoms with van der Waals surface area (Å²) in [6.45, 7) is 4.83. The average molecular weight is 255 g/mol. The molecule has 0 saturated heterocycles. The van der Waals surface area contributed by atoms with Gasteiger partial charge in [0.1, 0.15) is 13.5 Å². The number of halogens is 1. The Balaban J connectivity index is 0.00000137. The van der Waals surface area contributed by atoms with Crippen molar-refractivity contribution >= 4 is 6.79 Å². The molecule has 0 heterocycles. The maximum absolute atomic E-state index is 12.1. The van der Waals surface area contributed by atoms with Crippen LogP contribution >= 0.6 is 0 Å². The van der Waals surface area contributed by atoms with E-state index in [1.807, 2.05) is 31.9 Å². The van der Waals surface area contributed by atoms with E-state index in [2.05, 4.69) is 17.4 Å². The van der Waals surface area contributed by atoms with Gasteiger partial charge in [0.25, 0.3) is 0 Å². The normalized spacial score (nSPS) is 13.3. The minimum Gasteiger partial charge on any atom is -0.390 e. The first-order valence-corrected chi connectivity index (χ1v) is 6.01. The Morgan fingerprint density at radius 2 is 1.94 bits per heavy atom. The van der Waals surface area contributed by atoms with Crippen LogP contribution in [0.15, 0.2) is 30.3 Å². The first kappa shape index (κ1) is 16.7. The summed E-state index contributed by atoms with van der Waals surface area (Å²) in [7, 11) is 0. The van der Waals surface area contributed by atoms with Crippen LogP contribution in [0.1, 0.15) is 18.9 Å². The van der Waals surface area contributed by atoms with Crippen LogP contribution in [-0.4, -0.2) is 31.2 Å². The van der Waals surface area contributed by atoms with Crippen LogP contribution in [0.4, 0.5) is 4.39 Å². The lowest BCUT2D eigenvalue weighted by molar-refractivity contribution is -0.0979. The lowest BCUT2D eigenvalue weighted by Crippen LogP contribution is -2.24. The summed E-state index contributed by atoms with van der Waals surface area (Å²) in [6.07, 6.45) is -0.0312. The molecule has 1 aromatic rings. The second-order valence-electron chi connectivity index (χ2n) is 4.15. The van der Waals surface area contributed by atoms with Crippen LogP contribution < -0.4 is 5.32 Å². The standard InChI is InChI=1S/C13H20FNO.CH2O/c1-11(13(16)9-14)7-8-15-10-12-5-3-2-4-6-12;1-2/h2-6,11,13,15-16H,7-10H2,1H3;1H2. The molecule has 4 heteroatoms. The van der Waals surface area contributed by atoms with Gasteiger partial charge in [-0.05, 0) is 24.4 Å². The molecule has 2 unspecified atom stereocenters. The summed E-state index contributed by atoms with van der Waals surface area (Å²) in [6, 6.07) is 10.1. The smallest absolute Gasteiger partial charge is 0.116 e. The van der Waals surface area contributed by atoms with Gasteiger partial charge in [-0.25, -0.2) is 4.39 Å². The third kappa shape index (κ3) is 7.14. The number of carbonyl (C=O) groups excluding carboxylic acids is 1. The van der Waals surface area contributed by atoms with Crippen LogP contribution in [0.3, 0.4) is 0 Å². The van der Waals surface area contributed by atoms with E-state index in [9.17, 15) is 9.50 Å². The second-order valence-corrected chi connectivity index (χ2v) is 4.15. The van der Waals surface area contributed by atoms with Gasteiger partial charge in [0.05, 0.1) is 6.10 Å². The number of hydrogen-bond donors (Lipinski definition) is 2. The number of nitrogens with one attached hydrogen (secondary N) is 1. The predicted molar refractivity (Wildman–Crippen MR) is 71.0 cm³/mol. The van der Waals surface area contributed by atoms with Crippen LogP contribution in [0, 0.1) is 5.92 Å². The Morgan fingerprint density at radius 3 is 2.50 bits per heavy atom. The van der Waals surface area contributed by atoms with E-state index in [0.29, 0.717) is 0 Å². The molecular formula is C14H22FNO2. The summed E-state index contributed by atoms with van der Waals surface area (Å²) >= 11 is 0. The summed E-state index contributed by atoms with van der Waals surface area (Å²) in [4.78, 5) is 8.00. The molecule has 0 spiro atoms. The van der Waals surface area contributed by atoms with E-state index in [-0.39, 0.29) is 5.92 Å². The lowest BCUT2D eigenvalue weighted by Gasteiger charge is -2.15. The number of rotatable bonds is 7. The van der Waals surface area contributed by atoms with Crippen molar-refractivity contribution < 1.29 is 14.3 Å². The fraction of sp³-hybridized carbons (Fsp3) is 0.500. The monoisotopic (exact) mass is 255 g/mol. The molecule has 0 amide bonds. The largest absolute Gasteiger partial charge is 0.390 e. The van der Waals surface area contributed by atoms with E-state index in [1.54, 1.807) is 0 Å². The van der Waals surface area contributed by atoms with Gasteiger partial charge in [0.15, 0.2) is 0 Å². The summed E-state index contributed by atoms with van der Waals surface area (Å²) < 4.78 is 12.1. The maximum Gasteiger partial charge on any atom is 0.116 e. The molecule has 0 aliphatic rings. The predicted octanol–water partition coefficient (Wildman–Crippen LogP) is 1.95. The molecule has 18 heavy (non-hydrogen) atoms. The van der Waals surface area contributed by atoms with Crippen molar-refractivity contribution in [1.82, 2.24) is 5.32 Å². The van der Waals surface area contributed by atoms with Gasteiger partial charge in [-0.15, -0.1) is 0 Å². The van der Waals surface area contributed by atoms with Crippen molar-refractivity contribution in [3.05, 3.63) is 35.9 Å². The van der Waals surface area contributed by atoms with E-state index in [4.69, 9.17) is 4.79 Å². The van der Waals surface area contributed by atoms with Crippen molar-refractivity contribution in [2.75, 3.05) is 13.2 Å². The van der Waals surface area contributed by atoms with E-state index in [1.165, 1.54) is 5.56 Å². The molecule has 2 atom stereocenters. The molecule has 3 nitrogen and oxygen atoms in total. The maximum atomic E-state index is 12.1. The minimum absolute atomic E-state index is 0.00766. The molecule has 0 aliphatic carbocycles. The van der Waals surface area contributed by atoms with Crippen LogP contribution in [0.5, 0.6) is 0 Å². The SMILES string of the molecule is C=O.CC(CCNCc1ccccc1)C(O)CF. The highest BCUT2D eigenvalue weighted by Gasteiger charge is 2.12. The Bertz CT molecular complexity index is 295. The highest BCUT2D eigenvalue weighted by molar-refractivity contribution is 5.14. The molecule has 0 radical (unpaired) electrons. The Morgan fingerprint density at radius 1 is 1.33 bits per heavy atom. The summed E-state index contributed by atoms with van der Waals surface area (Å²) in [5.41, 5.74) is 1.24. The Hall–Kier alpha value is -1.26. The number of aliphatic hydroxyl groups is 1. The quantitative estimate of drug-likeness (QED) is 0.732. The molecule has 0 saturated carbocycles. The molecule has 1 rings (SSSR count). The van der Waals surface area contributed by atoms with Crippen molar-refractivity contribution in [2.45, 2.75) is 26.0 Å². The first-order valence-electron chi connectivity index (χ1n) is 6.01. The molecule has 2 N–H and O–H groups in total. The number of benzene rings is 1. The fourth-order valence-electron chi connectivity index (χ4n) is 1.50. The van der Waals surface area contributed by atoms with Crippen LogP contribution in [0.25, 0.3) is 0 Å². The highest BCUT2D eigenvalue weighted by atomic mass is 19.1. The van der Waals surface area contributed by atoms with E-state index >= 15 is 0 Å². The molecule has 0 aromatic heterocycles. The number of carbonyl (C=O) groups is 1. The van der Waals surface area contributed by atoms with Gasteiger partial charge >= 0.3 is 0 Å². The van der Waals surface area contributed by atoms with Gasteiger partial charge in [-0.1, -0.05) is 37.3 Å². The Kier molecular flexibility index (Phi) is 10.1. The second kappa shape index (κ2) is 10.9. The zero-order valence-corrected chi connectivity index (χ0v) is 10.8. The molecule has 1 aromatic carbocycles. The van der Waals surface area contributed by atoms with Gasteiger partial charge < -0.3 is 15.2 Å². The fourth-order valence-corrected chi connectivity index (χ4v) is 1.50. The van der Waals surface area contributed by atoms with Gasteiger partial charge in [0.2, 0.25) is 0 Å². The van der Waals surface area contributed by atoms with E-state index < -0.39 is 12.8 Å². The average Bonchev–Trinajstić information content (AvgIpc) is 2.45. The van der Waals surface area contributed by atoms with Gasteiger partial charge in [-0.3, -0.25) is 0 Å². The number of aliphatic hydroxyl groups excluding tert-OH is 1. The molecule has 0 aliphatic heterocycles. The number of hydrogen-bond acceptors (Lipinski definition) is 3. The van der Waals surface area contributed by atoms with Crippen molar-refractivity contribution in [3.63, 3.8) is 0 Å². The van der Waals surface area contributed by atoms with Gasteiger partial charge in [-0.2, -0.15) is 0 Å². The first-order chi connectivity index (χ1) is 8.74. The van der Waals surface area contributed by atoms with Crippen LogP contribution in [-0.2, 0) is 11.3 Å². The number of alkyl halides is 1. The molecule has 0 fully saturated rings. The minimum atomic E-state index is -0.821. The highest BCUT2D eigenvalue weighted by Crippen LogP contribution is 2.07. The Labute approximate surface area is 108 Å². The van der Waals surface area contributed by atoms with Crippen molar-refractivity contribution in [2.24, 2.45) is 5.92 Å². The topological polar surface area (TPSA) is 49.3 Å². The van der Waals surface area contributed by atoms with Crippen LogP contribution in [0.2, 0.25) is 0 Å². The van der Waals surface area contributed by atoms with Crippen molar-refractivity contribution in [1.29, 1.82) is 0 Å². The third-order valence-corrected chi connectivity index (χ3v) is 2.76. The molecule has 102 valence electrons. The summed E-state index contributed by atoms with van der Waals surface area (Å²) in [5.74, 6) is 0.00766. The molecule has 0 bridgehead atoms. The van der Waals surface area contributed by atoms with E-state index in [0.717, 1.165) is 19.5 Å².